The number of fused-ring (bicyclic) bond motifs is 2. The monoisotopic (exact) mass is 390 g/mol. The summed E-state index contributed by atoms with van der Waals surface area (Å²) in [6.07, 6.45) is 3.71. The summed E-state index contributed by atoms with van der Waals surface area (Å²) in [5.41, 5.74) is -0.553. The molecular weight excluding hydrogens is 360 g/mol. The van der Waals surface area contributed by atoms with E-state index < -0.39 is 23.6 Å². The van der Waals surface area contributed by atoms with Gasteiger partial charge in [0.1, 0.15) is 24.1 Å². The van der Waals surface area contributed by atoms with Crippen LogP contribution in [0.3, 0.4) is 0 Å². The second-order valence-electron chi connectivity index (χ2n) is 8.03. The summed E-state index contributed by atoms with van der Waals surface area (Å²) < 4.78 is 23.7. The lowest BCUT2D eigenvalue weighted by molar-refractivity contribution is -0.413. The molecule has 2 aliphatic carbocycles. The largest absolute Gasteiger partial charge is 0.491 e. The molecule has 0 radical (unpaired) electrons. The van der Waals surface area contributed by atoms with Crippen LogP contribution in [0.4, 0.5) is 0 Å². The fourth-order valence-electron chi connectivity index (χ4n) is 5.52. The number of benzene rings is 1. The highest BCUT2D eigenvalue weighted by Gasteiger charge is 2.77. The Balaban J connectivity index is 1.45. The second-order valence-corrected chi connectivity index (χ2v) is 8.03. The van der Waals surface area contributed by atoms with E-state index in [0.29, 0.717) is 26.1 Å². The molecule has 3 fully saturated rings. The lowest BCUT2D eigenvalue weighted by Gasteiger charge is -2.68. The quantitative estimate of drug-likeness (QED) is 0.725. The average molecular weight is 390 g/mol. The molecule has 154 valence electrons. The molecule has 6 atom stereocenters. The van der Waals surface area contributed by atoms with E-state index in [2.05, 4.69) is 6.92 Å². The summed E-state index contributed by atoms with van der Waals surface area (Å²) in [6, 6.07) is 9.40. The van der Waals surface area contributed by atoms with Crippen molar-refractivity contribution in [2.24, 2.45) is 17.8 Å². The highest BCUT2D eigenvalue weighted by atomic mass is 16.8. The third-order valence-corrected chi connectivity index (χ3v) is 6.74. The predicted octanol–water partition coefficient (Wildman–Crippen LogP) is 2.15. The summed E-state index contributed by atoms with van der Waals surface area (Å²) in [5.74, 6) is 0.0352. The molecule has 1 aliphatic heterocycles. The van der Waals surface area contributed by atoms with Gasteiger partial charge in [-0.2, -0.15) is 0 Å². The van der Waals surface area contributed by atoms with Gasteiger partial charge in [-0.25, -0.2) is 0 Å². The van der Waals surface area contributed by atoms with Crippen molar-refractivity contribution in [1.29, 1.82) is 0 Å². The Bertz CT molecular complexity index is 686. The Kier molecular flexibility index (Phi) is 5.51. The van der Waals surface area contributed by atoms with Crippen LogP contribution >= 0.6 is 0 Å². The summed E-state index contributed by atoms with van der Waals surface area (Å²) >= 11 is 0. The summed E-state index contributed by atoms with van der Waals surface area (Å²) in [5, 5.41) is 21.0. The fraction of sp³-hybridized carbons (Fsp3) is 0.636. The molecule has 6 nitrogen and oxygen atoms in total. The standard InChI is InChI=1S/C22H30O6/c1-15-20-18(9-8-16(23)14-26-17-6-4-3-5-7-17)19(24)10-11-21(20,25-2)22(15)27-12-13-28-22/h3-9,15-16,18-20,23-24H,10-14H2,1-2H3/b9-8+/t15?,16-,18+,19-,20-,21-/m1/s1. The lowest BCUT2D eigenvalue weighted by atomic mass is 9.47. The van der Waals surface area contributed by atoms with E-state index in [1.165, 1.54) is 0 Å². The molecule has 1 aromatic rings. The highest BCUT2D eigenvalue weighted by molar-refractivity contribution is 5.24. The molecular formula is C22H30O6. The molecule has 3 aliphatic rings. The molecule has 1 unspecified atom stereocenters. The number of aliphatic hydroxyl groups is 2. The van der Waals surface area contributed by atoms with Gasteiger partial charge in [0.05, 0.1) is 19.3 Å². The zero-order valence-corrected chi connectivity index (χ0v) is 16.5. The molecule has 0 bridgehead atoms. The Morgan fingerprint density at radius 3 is 2.64 bits per heavy atom. The number of aliphatic hydroxyl groups excluding tert-OH is 2. The molecule has 2 saturated carbocycles. The van der Waals surface area contributed by atoms with Crippen LogP contribution in [0.15, 0.2) is 42.5 Å². The molecule has 28 heavy (non-hydrogen) atoms. The Hall–Kier alpha value is -1.44. The van der Waals surface area contributed by atoms with Gasteiger partial charge in [0.15, 0.2) is 0 Å². The van der Waals surface area contributed by atoms with Crippen molar-refractivity contribution < 1.29 is 29.2 Å². The second kappa shape index (κ2) is 7.76. The minimum atomic E-state index is -0.755. The Morgan fingerprint density at radius 2 is 1.96 bits per heavy atom. The van der Waals surface area contributed by atoms with Gasteiger partial charge in [-0.3, -0.25) is 0 Å². The van der Waals surface area contributed by atoms with E-state index in [1.54, 1.807) is 13.2 Å². The third kappa shape index (κ3) is 2.99. The van der Waals surface area contributed by atoms with Crippen molar-refractivity contribution in [3.63, 3.8) is 0 Å². The minimum Gasteiger partial charge on any atom is -0.491 e. The first-order valence-corrected chi connectivity index (χ1v) is 10.1. The highest BCUT2D eigenvalue weighted by Crippen LogP contribution is 2.65. The van der Waals surface area contributed by atoms with E-state index in [0.717, 1.165) is 5.75 Å². The maximum atomic E-state index is 10.7. The van der Waals surface area contributed by atoms with Gasteiger partial charge in [-0.15, -0.1) is 0 Å². The van der Waals surface area contributed by atoms with Gasteiger partial charge in [-0.05, 0) is 25.0 Å². The number of para-hydroxylation sites is 1. The van der Waals surface area contributed by atoms with Crippen LogP contribution < -0.4 is 4.74 Å². The molecule has 0 amide bonds. The van der Waals surface area contributed by atoms with Crippen molar-refractivity contribution in [1.82, 2.24) is 0 Å². The molecule has 6 heteroatoms. The van der Waals surface area contributed by atoms with Crippen LogP contribution in [0.2, 0.25) is 0 Å². The Morgan fingerprint density at radius 1 is 1.25 bits per heavy atom. The predicted molar refractivity (Wildman–Crippen MR) is 103 cm³/mol. The van der Waals surface area contributed by atoms with Crippen molar-refractivity contribution in [2.45, 2.75) is 43.4 Å². The van der Waals surface area contributed by atoms with E-state index in [-0.39, 0.29) is 24.4 Å². The molecule has 4 rings (SSSR count). The lowest BCUT2D eigenvalue weighted by Crippen LogP contribution is -2.79. The number of rotatable bonds is 6. The number of ether oxygens (including phenoxy) is 4. The number of hydrogen-bond acceptors (Lipinski definition) is 6. The van der Waals surface area contributed by atoms with E-state index in [4.69, 9.17) is 18.9 Å². The minimum absolute atomic E-state index is 0.0674. The molecule has 1 saturated heterocycles. The van der Waals surface area contributed by atoms with Gasteiger partial charge in [0.2, 0.25) is 5.79 Å². The number of hydrogen-bond donors (Lipinski definition) is 2. The topological polar surface area (TPSA) is 77.4 Å². The SMILES string of the molecule is CO[C@]12CC[C@@H](O)[C@H](/C=C/[C@@H](O)COc3ccccc3)[C@H]1C(C)C21OCCO1. The first-order valence-electron chi connectivity index (χ1n) is 10.1. The third-order valence-electron chi connectivity index (χ3n) is 6.74. The Labute approximate surface area is 166 Å². The zero-order chi connectivity index (χ0) is 19.8. The van der Waals surface area contributed by atoms with Crippen LogP contribution in [-0.4, -0.2) is 60.7 Å². The molecule has 2 N–H and O–H groups in total. The average Bonchev–Trinajstić information content (AvgIpc) is 3.24. The van der Waals surface area contributed by atoms with Crippen LogP contribution in [0.5, 0.6) is 5.75 Å². The molecule has 1 heterocycles. The smallest absolute Gasteiger partial charge is 0.201 e. The fourth-order valence-corrected chi connectivity index (χ4v) is 5.52. The zero-order valence-electron chi connectivity index (χ0n) is 16.5. The first-order chi connectivity index (χ1) is 13.5. The van der Waals surface area contributed by atoms with Crippen molar-refractivity contribution in [3.8, 4) is 5.75 Å². The normalized spacial score (nSPS) is 37.6. The summed E-state index contributed by atoms with van der Waals surface area (Å²) in [4.78, 5) is 0. The maximum Gasteiger partial charge on any atom is 0.201 e. The van der Waals surface area contributed by atoms with Gasteiger partial charge >= 0.3 is 0 Å². The van der Waals surface area contributed by atoms with Gasteiger partial charge in [-0.1, -0.05) is 37.3 Å². The van der Waals surface area contributed by atoms with Crippen LogP contribution in [0.1, 0.15) is 19.8 Å². The van der Waals surface area contributed by atoms with Crippen LogP contribution in [-0.2, 0) is 14.2 Å². The van der Waals surface area contributed by atoms with E-state index in [9.17, 15) is 10.2 Å². The van der Waals surface area contributed by atoms with Gasteiger partial charge in [0.25, 0.3) is 0 Å². The molecule has 1 aromatic carbocycles. The van der Waals surface area contributed by atoms with Crippen LogP contribution in [0.25, 0.3) is 0 Å². The van der Waals surface area contributed by atoms with Crippen molar-refractivity contribution in [2.75, 3.05) is 26.9 Å². The maximum absolute atomic E-state index is 10.7. The van der Waals surface area contributed by atoms with Crippen molar-refractivity contribution >= 4 is 0 Å². The van der Waals surface area contributed by atoms with Gasteiger partial charge in [0, 0.05) is 24.9 Å². The number of methoxy groups -OCH3 is 1. The van der Waals surface area contributed by atoms with E-state index >= 15 is 0 Å². The van der Waals surface area contributed by atoms with E-state index in [1.807, 2.05) is 36.4 Å². The molecule has 0 aromatic heterocycles. The van der Waals surface area contributed by atoms with Crippen molar-refractivity contribution in [3.05, 3.63) is 42.5 Å². The summed E-state index contributed by atoms with van der Waals surface area (Å²) in [6.45, 7) is 3.40. The van der Waals surface area contributed by atoms with Gasteiger partial charge < -0.3 is 29.2 Å². The summed E-state index contributed by atoms with van der Waals surface area (Å²) in [7, 11) is 1.70. The van der Waals surface area contributed by atoms with Crippen LogP contribution in [0, 0.1) is 17.8 Å². The first kappa shape index (κ1) is 19.9. The molecule has 1 spiro atoms.